The smallest absolute Gasteiger partial charge is 0.319 e. The first kappa shape index (κ1) is 18.7. The van der Waals surface area contributed by atoms with Gasteiger partial charge in [0.15, 0.2) is 0 Å². The van der Waals surface area contributed by atoms with Gasteiger partial charge >= 0.3 is 5.97 Å². The SMILES string of the molecule is O=C1[C@@H]2[C@@H](C(=O)N1c1ccc(I)cc1)C1c3ccccc3C2(C(=O)O)c2ccccc21. The highest BCUT2D eigenvalue weighted by molar-refractivity contribution is 14.1. The molecule has 2 bridgehead atoms. The molecule has 3 aromatic carbocycles. The topological polar surface area (TPSA) is 74.7 Å². The molecule has 1 heterocycles. The molecule has 1 N–H and O–H groups in total. The normalized spacial score (nSPS) is 27.6. The minimum Gasteiger partial charge on any atom is -0.480 e. The molecule has 2 atom stereocenters. The monoisotopic (exact) mass is 521 g/mol. The molecule has 2 amide bonds. The number of aliphatic carboxylic acids is 1. The number of carboxylic acid groups (broad SMARTS) is 1. The van der Waals surface area contributed by atoms with Crippen molar-refractivity contribution in [3.8, 4) is 0 Å². The second kappa shape index (κ2) is 6.26. The predicted molar refractivity (Wildman–Crippen MR) is 122 cm³/mol. The highest BCUT2D eigenvalue weighted by Crippen LogP contribution is 2.64. The van der Waals surface area contributed by atoms with E-state index in [1.807, 2.05) is 36.4 Å². The summed E-state index contributed by atoms with van der Waals surface area (Å²) < 4.78 is 0.986. The lowest BCUT2D eigenvalue weighted by Crippen LogP contribution is -2.57. The van der Waals surface area contributed by atoms with Gasteiger partial charge in [0.1, 0.15) is 5.41 Å². The zero-order valence-corrected chi connectivity index (χ0v) is 18.3. The van der Waals surface area contributed by atoms with Crippen LogP contribution in [0.15, 0.2) is 72.8 Å². The van der Waals surface area contributed by atoms with Gasteiger partial charge in [-0.3, -0.25) is 14.4 Å². The van der Waals surface area contributed by atoms with Crippen molar-refractivity contribution in [2.75, 3.05) is 4.90 Å². The molecule has 5 nitrogen and oxygen atoms in total. The molecule has 152 valence electrons. The van der Waals surface area contributed by atoms with E-state index in [0.29, 0.717) is 16.8 Å². The van der Waals surface area contributed by atoms with Crippen molar-refractivity contribution in [3.63, 3.8) is 0 Å². The van der Waals surface area contributed by atoms with E-state index in [9.17, 15) is 19.5 Å². The number of rotatable bonds is 2. The summed E-state index contributed by atoms with van der Waals surface area (Å²) in [6.45, 7) is 0. The lowest BCUT2D eigenvalue weighted by atomic mass is 9.47. The number of hydrogen-bond acceptors (Lipinski definition) is 3. The van der Waals surface area contributed by atoms with Crippen LogP contribution in [0.1, 0.15) is 28.2 Å². The van der Waals surface area contributed by atoms with Crippen LogP contribution in [0, 0.1) is 15.4 Å². The Kier molecular flexibility index (Phi) is 3.78. The number of halogens is 1. The number of carboxylic acids is 1. The van der Waals surface area contributed by atoms with Crippen LogP contribution in [0.4, 0.5) is 5.69 Å². The molecule has 3 aromatic rings. The lowest BCUT2D eigenvalue weighted by Gasteiger charge is -2.51. The molecule has 1 aliphatic heterocycles. The van der Waals surface area contributed by atoms with Crippen molar-refractivity contribution in [1.29, 1.82) is 0 Å². The molecule has 6 heteroatoms. The average molecular weight is 521 g/mol. The van der Waals surface area contributed by atoms with Gasteiger partial charge in [-0.05, 0) is 69.1 Å². The van der Waals surface area contributed by atoms with Crippen LogP contribution in [0.5, 0.6) is 0 Å². The molecule has 0 aromatic heterocycles. The fraction of sp³-hybridized carbons (Fsp3) is 0.160. The molecule has 0 radical (unpaired) electrons. The zero-order chi connectivity index (χ0) is 21.5. The Labute approximate surface area is 191 Å². The van der Waals surface area contributed by atoms with Gasteiger partial charge < -0.3 is 5.11 Å². The molecule has 31 heavy (non-hydrogen) atoms. The Morgan fingerprint density at radius 2 is 1.39 bits per heavy atom. The Morgan fingerprint density at radius 1 is 0.839 bits per heavy atom. The van der Waals surface area contributed by atoms with Gasteiger partial charge in [0, 0.05) is 9.49 Å². The fourth-order valence-electron chi connectivity index (χ4n) is 5.98. The van der Waals surface area contributed by atoms with E-state index in [1.54, 1.807) is 36.4 Å². The van der Waals surface area contributed by atoms with Gasteiger partial charge in [-0.2, -0.15) is 0 Å². The maximum absolute atomic E-state index is 13.8. The number of carbonyl (C=O) groups excluding carboxylic acids is 2. The molecule has 0 saturated carbocycles. The predicted octanol–water partition coefficient (Wildman–Crippen LogP) is 3.93. The van der Waals surface area contributed by atoms with Crippen molar-refractivity contribution < 1.29 is 19.5 Å². The van der Waals surface area contributed by atoms with Crippen LogP contribution in [0.2, 0.25) is 0 Å². The third-order valence-corrected chi connectivity index (χ3v) is 7.76. The Hall–Kier alpha value is -3.00. The lowest BCUT2D eigenvalue weighted by molar-refractivity contribution is -0.149. The molecule has 0 spiro atoms. The highest BCUT2D eigenvalue weighted by Gasteiger charge is 2.71. The van der Waals surface area contributed by atoms with Crippen LogP contribution in [0.3, 0.4) is 0 Å². The highest BCUT2D eigenvalue weighted by atomic mass is 127. The number of anilines is 1. The van der Waals surface area contributed by atoms with Crippen LogP contribution >= 0.6 is 22.6 Å². The Morgan fingerprint density at radius 3 is 1.94 bits per heavy atom. The van der Waals surface area contributed by atoms with Gasteiger partial charge in [0.2, 0.25) is 11.8 Å². The summed E-state index contributed by atoms with van der Waals surface area (Å²) in [5, 5.41) is 10.7. The first-order valence-electron chi connectivity index (χ1n) is 10.0. The standard InChI is InChI=1S/C25H16INO4/c26-13-9-11-14(12-10-13)27-22(28)20-19-15-5-1-3-7-17(15)25(24(30)31,21(20)23(27)29)18-8-4-2-6-16(18)19/h1-12,19-21H,(H,30,31)/t19?,20-,21-,25?/m0/s1. The Bertz CT molecular complexity index is 1250. The summed E-state index contributed by atoms with van der Waals surface area (Å²) in [6, 6.07) is 21.9. The summed E-state index contributed by atoms with van der Waals surface area (Å²) in [6.07, 6.45) is 0. The minimum atomic E-state index is -1.59. The van der Waals surface area contributed by atoms with E-state index in [4.69, 9.17) is 0 Å². The number of imide groups is 1. The number of carbonyl (C=O) groups is 3. The molecule has 1 fully saturated rings. The van der Waals surface area contributed by atoms with Gasteiger partial charge in [0.25, 0.3) is 0 Å². The van der Waals surface area contributed by atoms with E-state index in [1.165, 1.54) is 4.90 Å². The molecule has 0 unspecified atom stereocenters. The van der Waals surface area contributed by atoms with Crippen molar-refractivity contribution in [2.45, 2.75) is 11.3 Å². The van der Waals surface area contributed by atoms with Gasteiger partial charge in [-0.1, -0.05) is 48.5 Å². The van der Waals surface area contributed by atoms with E-state index >= 15 is 0 Å². The van der Waals surface area contributed by atoms with Gasteiger partial charge in [0.05, 0.1) is 17.5 Å². The van der Waals surface area contributed by atoms with E-state index in [0.717, 1.165) is 14.7 Å². The zero-order valence-electron chi connectivity index (χ0n) is 16.2. The van der Waals surface area contributed by atoms with Crippen molar-refractivity contribution in [2.24, 2.45) is 11.8 Å². The van der Waals surface area contributed by atoms with Gasteiger partial charge in [-0.15, -0.1) is 0 Å². The van der Waals surface area contributed by atoms with Crippen LogP contribution in [0.25, 0.3) is 0 Å². The van der Waals surface area contributed by atoms with Crippen LogP contribution in [-0.4, -0.2) is 22.9 Å². The Balaban J connectivity index is 1.67. The number of benzene rings is 3. The van der Waals surface area contributed by atoms with Crippen molar-refractivity contribution in [3.05, 3.63) is 98.6 Å². The average Bonchev–Trinajstić information content (AvgIpc) is 3.05. The molecule has 7 rings (SSSR count). The van der Waals surface area contributed by atoms with Gasteiger partial charge in [-0.25, -0.2) is 4.90 Å². The fourth-order valence-corrected chi connectivity index (χ4v) is 6.34. The number of nitrogens with zero attached hydrogens (tertiary/aromatic N) is 1. The van der Waals surface area contributed by atoms with Crippen LogP contribution in [-0.2, 0) is 19.8 Å². The van der Waals surface area contributed by atoms with Crippen LogP contribution < -0.4 is 4.90 Å². The quantitative estimate of drug-likeness (QED) is 0.410. The molecule has 3 aliphatic carbocycles. The second-order valence-electron chi connectivity index (χ2n) is 8.26. The molecular formula is C25H16INO4. The number of hydrogen-bond donors (Lipinski definition) is 1. The molecule has 4 aliphatic rings. The minimum absolute atomic E-state index is 0.323. The summed E-state index contributed by atoms with van der Waals surface area (Å²) in [4.78, 5) is 41.8. The first-order valence-corrected chi connectivity index (χ1v) is 11.1. The second-order valence-corrected chi connectivity index (χ2v) is 9.50. The maximum atomic E-state index is 13.8. The largest absolute Gasteiger partial charge is 0.480 e. The summed E-state index contributed by atoms with van der Waals surface area (Å²) in [5.74, 6) is -3.92. The summed E-state index contributed by atoms with van der Waals surface area (Å²) >= 11 is 2.17. The third kappa shape index (κ3) is 2.13. The number of amides is 2. The van der Waals surface area contributed by atoms with E-state index in [-0.39, 0.29) is 11.8 Å². The van der Waals surface area contributed by atoms with Crippen molar-refractivity contribution >= 4 is 46.1 Å². The third-order valence-electron chi connectivity index (χ3n) is 7.04. The first-order chi connectivity index (χ1) is 15.0. The maximum Gasteiger partial charge on any atom is 0.319 e. The molecule has 1 saturated heterocycles. The summed E-state index contributed by atoms with van der Waals surface area (Å²) in [7, 11) is 0. The van der Waals surface area contributed by atoms with Crippen molar-refractivity contribution in [1.82, 2.24) is 0 Å². The van der Waals surface area contributed by atoms with E-state index < -0.39 is 29.1 Å². The summed E-state index contributed by atoms with van der Waals surface area (Å²) in [5.41, 5.74) is 1.80. The van der Waals surface area contributed by atoms with E-state index in [2.05, 4.69) is 22.6 Å². The molecular weight excluding hydrogens is 505 g/mol.